The molecule has 0 spiro atoms. The number of aliphatic hydroxyl groups is 1. The number of aliphatic hydroxyl groups excluding tert-OH is 1. The topological polar surface area (TPSA) is 76.4 Å². The van der Waals surface area contributed by atoms with E-state index >= 15 is 0 Å². The van der Waals surface area contributed by atoms with Crippen LogP contribution in [0.4, 0.5) is 24.5 Å². The Balaban J connectivity index is 2.25. The summed E-state index contributed by atoms with van der Waals surface area (Å²) in [6, 6.07) is 11.5. The maximum atomic E-state index is 12.8. The van der Waals surface area contributed by atoms with Gasteiger partial charge in [-0.1, -0.05) is 12.1 Å². The summed E-state index contributed by atoms with van der Waals surface area (Å²) in [5.74, 6) is -0.796. The number of halogens is 3. The third-order valence-corrected chi connectivity index (χ3v) is 4.48. The first-order valence-electron chi connectivity index (χ1n) is 9.26. The van der Waals surface area contributed by atoms with Crippen LogP contribution in [0, 0.1) is 18.3 Å². The van der Waals surface area contributed by atoms with E-state index in [9.17, 15) is 23.2 Å². The maximum absolute atomic E-state index is 12.8. The summed E-state index contributed by atoms with van der Waals surface area (Å²) < 4.78 is 38.5. The number of alkyl halides is 3. The first kappa shape index (κ1) is 23.0. The van der Waals surface area contributed by atoms with Crippen molar-refractivity contribution in [3.8, 4) is 6.07 Å². The van der Waals surface area contributed by atoms with E-state index in [1.165, 1.54) is 18.2 Å². The molecule has 2 N–H and O–H groups in total. The van der Waals surface area contributed by atoms with Crippen LogP contribution in [-0.2, 0) is 11.0 Å². The van der Waals surface area contributed by atoms with Crippen LogP contribution in [0.15, 0.2) is 48.0 Å². The molecule has 0 atom stereocenters. The standard InChI is InChI=1S/C22H22F3N3O2/c1-3-28(9-10-29)20-8-7-16(15(2)11-20)12-17(14-26)21(30)27-19-6-4-5-18(13-19)22(23,24)25/h4-8,11-13,29H,3,9-10H2,1-2H3,(H,27,30)/b17-12+. The fourth-order valence-corrected chi connectivity index (χ4v) is 2.88. The smallest absolute Gasteiger partial charge is 0.395 e. The Labute approximate surface area is 173 Å². The van der Waals surface area contributed by atoms with E-state index in [1.807, 2.05) is 30.9 Å². The Hall–Kier alpha value is -3.31. The van der Waals surface area contributed by atoms with Crippen molar-refractivity contribution >= 4 is 23.4 Å². The molecule has 0 aliphatic carbocycles. The van der Waals surface area contributed by atoms with Crippen molar-refractivity contribution in [2.45, 2.75) is 20.0 Å². The van der Waals surface area contributed by atoms with Crippen LogP contribution in [-0.4, -0.2) is 30.7 Å². The molecule has 0 aromatic heterocycles. The SMILES string of the molecule is CCN(CCO)c1ccc(/C=C(\C#N)C(=O)Nc2cccc(C(F)(F)F)c2)c(C)c1. The molecule has 5 nitrogen and oxygen atoms in total. The van der Waals surface area contributed by atoms with Crippen molar-refractivity contribution in [3.63, 3.8) is 0 Å². The number of carbonyl (C=O) groups excluding carboxylic acids is 1. The quantitative estimate of drug-likeness (QED) is 0.518. The molecule has 0 unspecified atom stereocenters. The highest BCUT2D eigenvalue weighted by atomic mass is 19.4. The monoisotopic (exact) mass is 417 g/mol. The number of rotatable bonds is 7. The lowest BCUT2D eigenvalue weighted by molar-refractivity contribution is -0.137. The molecular formula is C22H22F3N3O2. The molecule has 30 heavy (non-hydrogen) atoms. The van der Waals surface area contributed by atoms with Crippen molar-refractivity contribution < 1.29 is 23.1 Å². The molecule has 0 bridgehead atoms. The Morgan fingerprint density at radius 2 is 2.00 bits per heavy atom. The minimum absolute atomic E-state index is 0.0167. The van der Waals surface area contributed by atoms with Crippen LogP contribution >= 0.6 is 0 Å². The minimum atomic E-state index is -4.53. The largest absolute Gasteiger partial charge is 0.416 e. The van der Waals surface area contributed by atoms with Crippen LogP contribution in [0.25, 0.3) is 6.08 Å². The number of hydrogen-bond donors (Lipinski definition) is 2. The zero-order chi connectivity index (χ0) is 22.3. The van der Waals surface area contributed by atoms with E-state index in [1.54, 1.807) is 12.1 Å². The molecule has 1 amide bonds. The Kier molecular flexibility index (Phi) is 7.61. The summed E-state index contributed by atoms with van der Waals surface area (Å²) in [4.78, 5) is 14.4. The molecule has 0 heterocycles. The van der Waals surface area contributed by atoms with Crippen LogP contribution in [0.1, 0.15) is 23.6 Å². The van der Waals surface area contributed by atoms with E-state index < -0.39 is 17.6 Å². The normalized spacial score (nSPS) is 11.7. The molecule has 2 aromatic carbocycles. The van der Waals surface area contributed by atoms with E-state index in [4.69, 9.17) is 5.11 Å². The van der Waals surface area contributed by atoms with Gasteiger partial charge in [-0.3, -0.25) is 4.79 Å². The fourth-order valence-electron chi connectivity index (χ4n) is 2.88. The summed E-state index contributed by atoms with van der Waals surface area (Å²) in [6.07, 6.45) is -3.14. The third kappa shape index (κ3) is 5.84. The number of carbonyl (C=O) groups is 1. The summed E-state index contributed by atoms with van der Waals surface area (Å²) in [6.45, 7) is 4.99. The Morgan fingerprint density at radius 1 is 1.27 bits per heavy atom. The van der Waals surface area contributed by atoms with Gasteiger partial charge in [-0.15, -0.1) is 0 Å². The average molecular weight is 417 g/mol. The molecule has 0 saturated carbocycles. The zero-order valence-corrected chi connectivity index (χ0v) is 16.6. The molecular weight excluding hydrogens is 395 g/mol. The van der Waals surface area contributed by atoms with Gasteiger partial charge in [-0.05, 0) is 61.4 Å². The Morgan fingerprint density at radius 3 is 2.57 bits per heavy atom. The van der Waals surface area contributed by atoms with Crippen LogP contribution in [0.2, 0.25) is 0 Å². The summed E-state index contributed by atoms with van der Waals surface area (Å²) >= 11 is 0. The first-order chi connectivity index (χ1) is 14.2. The lowest BCUT2D eigenvalue weighted by atomic mass is 10.0. The van der Waals surface area contributed by atoms with Crippen LogP contribution in [0.3, 0.4) is 0 Å². The van der Waals surface area contributed by atoms with Gasteiger partial charge in [0.2, 0.25) is 0 Å². The molecule has 0 fully saturated rings. The number of benzene rings is 2. The summed E-state index contributed by atoms with van der Waals surface area (Å²) in [7, 11) is 0. The zero-order valence-electron chi connectivity index (χ0n) is 16.6. The molecule has 8 heteroatoms. The van der Waals surface area contributed by atoms with Gasteiger partial charge < -0.3 is 15.3 Å². The van der Waals surface area contributed by atoms with Crippen LogP contribution < -0.4 is 10.2 Å². The molecule has 158 valence electrons. The minimum Gasteiger partial charge on any atom is -0.395 e. The van der Waals surface area contributed by atoms with Gasteiger partial charge in [0.1, 0.15) is 11.6 Å². The van der Waals surface area contributed by atoms with Gasteiger partial charge >= 0.3 is 6.18 Å². The number of nitrogens with zero attached hydrogens (tertiary/aromatic N) is 2. The summed E-state index contributed by atoms with van der Waals surface area (Å²) in [5, 5.41) is 20.9. The van der Waals surface area contributed by atoms with Gasteiger partial charge in [-0.2, -0.15) is 18.4 Å². The fraction of sp³-hybridized carbons (Fsp3) is 0.273. The van der Waals surface area contributed by atoms with Gasteiger partial charge in [-0.25, -0.2) is 0 Å². The maximum Gasteiger partial charge on any atom is 0.416 e. The molecule has 0 aliphatic heterocycles. The number of likely N-dealkylation sites (N-methyl/N-ethyl adjacent to an activating group) is 1. The van der Waals surface area contributed by atoms with Crippen molar-refractivity contribution in [3.05, 3.63) is 64.7 Å². The number of amides is 1. The van der Waals surface area contributed by atoms with E-state index in [0.29, 0.717) is 18.7 Å². The molecule has 0 radical (unpaired) electrons. The third-order valence-electron chi connectivity index (χ3n) is 4.48. The van der Waals surface area contributed by atoms with Crippen molar-refractivity contribution in [1.82, 2.24) is 0 Å². The second kappa shape index (κ2) is 9.94. The number of aryl methyl sites for hydroxylation is 1. The predicted molar refractivity (Wildman–Crippen MR) is 110 cm³/mol. The number of nitriles is 1. The highest BCUT2D eigenvalue weighted by molar-refractivity contribution is 6.09. The summed E-state index contributed by atoms with van der Waals surface area (Å²) in [5.41, 5.74) is 1.17. The molecule has 0 aliphatic rings. The van der Waals surface area contributed by atoms with Gasteiger partial charge in [0.05, 0.1) is 12.2 Å². The number of nitrogens with one attached hydrogen (secondary N) is 1. The number of anilines is 2. The second-order valence-electron chi connectivity index (χ2n) is 6.55. The highest BCUT2D eigenvalue weighted by Crippen LogP contribution is 2.30. The van der Waals surface area contributed by atoms with Gasteiger partial charge in [0, 0.05) is 24.5 Å². The van der Waals surface area contributed by atoms with Gasteiger partial charge in [0.15, 0.2) is 0 Å². The Bertz CT molecular complexity index is 978. The lowest BCUT2D eigenvalue weighted by Gasteiger charge is -2.22. The molecule has 2 rings (SSSR count). The highest BCUT2D eigenvalue weighted by Gasteiger charge is 2.30. The van der Waals surface area contributed by atoms with Crippen molar-refractivity contribution in [2.24, 2.45) is 0 Å². The second-order valence-corrected chi connectivity index (χ2v) is 6.55. The van der Waals surface area contributed by atoms with Gasteiger partial charge in [0.25, 0.3) is 5.91 Å². The van der Waals surface area contributed by atoms with E-state index in [2.05, 4.69) is 5.32 Å². The lowest BCUT2D eigenvalue weighted by Crippen LogP contribution is -2.26. The first-order valence-corrected chi connectivity index (χ1v) is 9.26. The van der Waals surface area contributed by atoms with Crippen LogP contribution in [0.5, 0.6) is 0 Å². The average Bonchev–Trinajstić information content (AvgIpc) is 2.70. The number of hydrogen-bond acceptors (Lipinski definition) is 4. The molecule has 0 saturated heterocycles. The van der Waals surface area contributed by atoms with E-state index in [-0.39, 0.29) is 17.9 Å². The van der Waals surface area contributed by atoms with E-state index in [0.717, 1.165) is 23.4 Å². The predicted octanol–water partition coefficient (Wildman–Crippen LogP) is 4.38. The van der Waals surface area contributed by atoms with Crippen molar-refractivity contribution in [1.29, 1.82) is 5.26 Å². The van der Waals surface area contributed by atoms with Crippen molar-refractivity contribution in [2.75, 3.05) is 29.9 Å². The molecule has 2 aromatic rings.